The van der Waals surface area contributed by atoms with Crippen LogP contribution in [0.2, 0.25) is 0 Å². The molecule has 2 rings (SSSR count). The van der Waals surface area contributed by atoms with Crippen molar-refractivity contribution in [2.24, 2.45) is 0 Å². The molecule has 0 radical (unpaired) electrons. The van der Waals surface area contributed by atoms with Gasteiger partial charge in [-0.05, 0) is 63.4 Å². The van der Waals surface area contributed by atoms with E-state index in [1.807, 2.05) is 39.1 Å². The summed E-state index contributed by atoms with van der Waals surface area (Å²) in [5.41, 5.74) is 4.88. The number of carbonyl (C=O) groups excluding carboxylic acids is 1. The number of aryl methyl sites for hydroxylation is 2. The van der Waals surface area contributed by atoms with Crippen molar-refractivity contribution in [3.8, 4) is 0 Å². The van der Waals surface area contributed by atoms with Gasteiger partial charge < -0.3 is 15.2 Å². The summed E-state index contributed by atoms with van der Waals surface area (Å²) in [5.74, 6) is -0.181. The lowest BCUT2D eigenvalue weighted by Crippen LogP contribution is -2.30. The molecule has 0 aliphatic rings. The number of benzene rings is 1. The number of carbonyl (C=O) groups is 1. The maximum absolute atomic E-state index is 12.9. The molecular formula is C22H30BrN3O2. The number of aromatic amines is 1. The molecule has 2 N–H and O–H groups in total. The fourth-order valence-electron chi connectivity index (χ4n) is 3.28. The molecule has 0 saturated carbocycles. The lowest BCUT2D eigenvalue weighted by atomic mass is 10.0. The molecule has 2 aromatic rings. The molecule has 0 aliphatic heterocycles. The fraction of sp³-hybridized carbons (Fsp3) is 0.455. The van der Waals surface area contributed by atoms with Gasteiger partial charge in [0, 0.05) is 46.6 Å². The Labute approximate surface area is 175 Å². The van der Waals surface area contributed by atoms with E-state index in [0.29, 0.717) is 17.2 Å². The molecular weight excluding hydrogens is 418 g/mol. The average Bonchev–Trinajstić information content (AvgIpc) is 2.61. The van der Waals surface area contributed by atoms with Gasteiger partial charge in [-0.3, -0.25) is 9.59 Å². The van der Waals surface area contributed by atoms with Crippen LogP contribution in [0.25, 0.3) is 0 Å². The van der Waals surface area contributed by atoms with Crippen LogP contribution in [-0.4, -0.2) is 24.0 Å². The van der Waals surface area contributed by atoms with Crippen LogP contribution in [0.4, 0.5) is 5.69 Å². The van der Waals surface area contributed by atoms with Crippen LogP contribution in [0.5, 0.6) is 0 Å². The molecule has 0 saturated heterocycles. The quantitative estimate of drug-likeness (QED) is 0.657. The second kappa shape index (κ2) is 9.41. The highest BCUT2D eigenvalue weighted by molar-refractivity contribution is 9.10. The summed E-state index contributed by atoms with van der Waals surface area (Å²) in [6.45, 7) is 10.3. The highest BCUT2D eigenvalue weighted by atomic mass is 79.9. The van der Waals surface area contributed by atoms with Gasteiger partial charge in [0.25, 0.3) is 11.5 Å². The number of rotatable bonds is 7. The van der Waals surface area contributed by atoms with Gasteiger partial charge in [-0.1, -0.05) is 29.3 Å². The molecule has 1 amide bonds. The molecule has 0 unspecified atom stereocenters. The van der Waals surface area contributed by atoms with E-state index in [1.54, 1.807) is 0 Å². The smallest absolute Gasteiger partial charge is 0.253 e. The lowest BCUT2D eigenvalue weighted by molar-refractivity contribution is 0.0950. The minimum absolute atomic E-state index is 0.130. The Hall–Kier alpha value is -2.08. The molecule has 28 heavy (non-hydrogen) atoms. The molecule has 6 heteroatoms. The predicted molar refractivity (Wildman–Crippen MR) is 119 cm³/mol. The van der Waals surface area contributed by atoms with E-state index in [2.05, 4.69) is 51.9 Å². The number of halogens is 1. The molecule has 0 bridgehead atoms. The highest BCUT2D eigenvalue weighted by Crippen LogP contribution is 2.28. The molecule has 0 fully saturated rings. The van der Waals surface area contributed by atoms with Crippen molar-refractivity contribution < 1.29 is 4.79 Å². The van der Waals surface area contributed by atoms with Gasteiger partial charge in [-0.15, -0.1) is 0 Å². The Kier molecular flexibility index (Phi) is 7.47. The van der Waals surface area contributed by atoms with Crippen molar-refractivity contribution in [1.29, 1.82) is 0 Å². The number of nitrogens with one attached hydrogen (secondary N) is 2. The van der Waals surface area contributed by atoms with Crippen LogP contribution >= 0.6 is 15.9 Å². The fourth-order valence-corrected chi connectivity index (χ4v) is 3.73. The number of amides is 1. The van der Waals surface area contributed by atoms with E-state index in [0.717, 1.165) is 39.8 Å². The first-order valence-corrected chi connectivity index (χ1v) is 10.5. The van der Waals surface area contributed by atoms with Crippen LogP contribution < -0.4 is 15.8 Å². The third kappa shape index (κ3) is 5.04. The predicted octanol–water partition coefficient (Wildman–Crippen LogP) is 4.48. The van der Waals surface area contributed by atoms with Gasteiger partial charge in [0.05, 0.1) is 0 Å². The molecule has 1 aromatic heterocycles. The SMILES string of the molecule is CCCc1cc(C)[nH]c(=O)c1CNC(=O)c1cc(Br)cc(N(C)C(C)C)c1C. The Balaban J connectivity index is 2.31. The van der Waals surface area contributed by atoms with Crippen molar-refractivity contribution in [2.45, 2.75) is 60.0 Å². The summed E-state index contributed by atoms with van der Waals surface area (Å²) >= 11 is 3.52. The van der Waals surface area contributed by atoms with Gasteiger partial charge in [0.1, 0.15) is 0 Å². The average molecular weight is 448 g/mol. The van der Waals surface area contributed by atoms with E-state index in [-0.39, 0.29) is 18.0 Å². The Morgan fingerprint density at radius 1 is 1.25 bits per heavy atom. The Morgan fingerprint density at radius 2 is 1.93 bits per heavy atom. The number of hydrogen-bond acceptors (Lipinski definition) is 3. The number of H-pyrrole nitrogens is 1. The minimum Gasteiger partial charge on any atom is -0.372 e. The molecule has 1 heterocycles. The first-order valence-electron chi connectivity index (χ1n) is 9.68. The van der Waals surface area contributed by atoms with Crippen molar-refractivity contribution in [1.82, 2.24) is 10.3 Å². The Morgan fingerprint density at radius 3 is 2.54 bits per heavy atom. The molecule has 1 aromatic carbocycles. The molecule has 152 valence electrons. The maximum Gasteiger partial charge on any atom is 0.253 e. The summed E-state index contributed by atoms with van der Waals surface area (Å²) in [7, 11) is 2.02. The van der Waals surface area contributed by atoms with Gasteiger partial charge in [0.15, 0.2) is 0 Å². The monoisotopic (exact) mass is 447 g/mol. The zero-order valence-electron chi connectivity index (χ0n) is 17.6. The van der Waals surface area contributed by atoms with Crippen LogP contribution in [0.1, 0.15) is 59.9 Å². The Bertz CT molecular complexity index is 919. The third-order valence-electron chi connectivity index (χ3n) is 5.05. The standard InChI is InChI=1S/C22H30BrN3O2/c1-7-8-16-9-14(4)25-22(28)19(16)12-24-21(27)18-10-17(23)11-20(15(18)5)26(6)13(2)3/h9-11,13H,7-8,12H2,1-6H3,(H,24,27)(H,25,28). The summed E-state index contributed by atoms with van der Waals surface area (Å²) in [6.07, 6.45) is 1.76. The summed E-state index contributed by atoms with van der Waals surface area (Å²) in [4.78, 5) is 30.3. The van der Waals surface area contributed by atoms with Crippen LogP contribution in [0.15, 0.2) is 27.5 Å². The van der Waals surface area contributed by atoms with Crippen molar-refractivity contribution in [3.63, 3.8) is 0 Å². The second-order valence-electron chi connectivity index (χ2n) is 7.52. The van der Waals surface area contributed by atoms with Crippen molar-refractivity contribution in [3.05, 3.63) is 61.0 Å². The zero-order valence-corrected chi connectivity index (χ0v) is 19.2. The van der Waals surface area contributed by atoms with E-state index in [4.69, 9.17) is 0 Å². The second-order valence-corrected chi connectivity index (χ2v) is 8.44. The van der Waals surface area contributed by atoms with Gasteiger partial charge >= 0.3 is 0 Å². The lowest BCUT2D eigenvalue weighted by Gasteiger charge is -2.27. The van der Waals surface area contributed by atoms with E-state index >= 15 is 0 Å². The molecule has 5 nitrogen and oxygen atoms in total. The van der Waals surface area contributed by atoms with Gasteiger partial charge in [0.2, 0.25) is 0 Å². The van der Waals surface area contributed by atoms with Crippen molar-refractivity contribution in [2.75, 3.05) is 11.9 Å². The molecule has 0 aliphatic carbocycles. The summed E-state index contributed by atoms with van der Waals surface area (Å²) in [5, 5.41) is 2.94. The summed E-state index contributed by atoms with van der Waals surface area (Å²) in [6, 6.07) is 6.16. The zero-order chi connectivity index (χ0) is 21.0. The molecule has 0 atom stereocenters. The normalized spacial score (nSPS) is 11.0. The minimum atomic E-state index is -0.181. The van der Waals surface area contributed by atoms with E-state index in [9.17, 15) is 9.59 Å². The van der Waals surface area contributed by atoms with Crippen LogP contribution in [0.3, 0.4) is 0 Å². The number of pyridine rings is 1. The largest absolute Gasteiger partial charge is 0.372 e. The third-order valence-corrected chi connectivity index (χ3v) is 5.51. The summed E-state index contributed by atoms with van der Waals surface area (Å²) < 4.78 is 0.852. The van der Waals surface area contributed by atoms with Crippen LogP contribution in [-0.2, 0) is 13.0 Å². The number of hydrogen-bond donors (Lipinski definition) is 2. The van der Waals surface area contributed by atoms with Crippen LogP contribution in [0, 0.1) is 13.8 Å². The van der Waals surface area contributed by atoms with E-state index in [1.165, 1.54) is 0 Å². The first-order chi connectivity index (χ1) is 13.1. The van der Waals surface area contributed by atoms with Gasteiger partial charge in [-0.2, -0.15) is 0 Å². The first kappa shape index (κ1) is 22.2. The molecule has 0 spiro atoms. The van der Waals surface area contributed by atoms with Crippen molar-refractivity contribution >= 4 is 27.5 Å². The topological polar surface area (TPSA) is 65.2 Å². The number of nitrogens with zero attached hydrogens (tertiary/aromatic N) is 1. The van der Waals surface area contributed by atoms with E-state index < -0.39 is 0 Å². The maximum atomic E-state index is 12.9. The number of anilines is 1. The van der Waals surface area contributed by atoms with Gasteiger partial charge in [-0.25, -0.2) is 0 Å². The number of aromatic nitrogens is 1. The highest BCUT2D eigenvalue weighted by Gasteiger charge is 2.18.